The molecule has 0 heterocycles. The van der Waals surface area contributed by atoms with Gasteiger partial charge in [0.15, 0.2) is 0 Å². The number of anilines is 1. The summed E-state index contributed by atoms with van der Waals surface area (Å²) in [6.45, 7) is 12.2. The first-order valence-electron chi connectivity index (χ1n) is 8.40. The number of hydrogen-bond acceptors (Lipinski definition) is 2. The summed E-state index contributed by atoms with van der Waals surface area (Å²) >= 11 is 0. The summed E-state index contributed by atoms with van der Waals surface area (Å²) < 4.78 is 14.4. The maximum absolute atomic E-state index is 14.4. The Labute approximate surface area is 129 Å². The molecule has 2 nitrogen and oxygen atoms in total. The van der Waals surface area contributed by atoms with E-state index in [0.717, 1.165) is 56.7 Å². The molecule has 1 N–H and O–H groups in total. The first-order chi connectivity index (χ1) is 10.2. The molecule has 0 atom stereocenters. The minimum atomic E-state index is -0.0985. The lowest BCUT2D eigenvalue weighted by molar-refractivity contribution is 0.480. The van der Waals surface area contributed by atoms with Crippen LogP contribution in [0.3, 0.4) is 0 Å². The average Bonchev–Trinajstić information content (AvgIpc) is 2.50. The number of para-hydroxylation sites is 1. The quantitative estimate of drug-likeness (QED) is 0.635. The van der Waals surface area contributed by atoms with Crippen molar-refractivity contribution in [3.05, 3.63) is 29.6 Å². The van der Waals surface area contributed by atoms with Crippen LogP contribution in [0.15, 0.2) is 18.2 Å². The molecule has 0 bridgehead atoms. The van der Waals surface area contributed by atoms with Crippen LogP contribution in [0.4, 0.5) is 10.1 Å². The molecular formula is C18H31FN2. The third kappa shape index (κ3) is 5.31. The molecule has 1 aromatic rings. The molecule has 0 saturated carbocycles. The van der Waals surface area contributed by atoms with E-state index in [1.165, 1.54) is 0 Å². The Morgan fingerprint density at radius 3 is 2.43 bits per heavy atom. The minimum absolute atomic E-state index is 0.0985. The summed E-state index contributed by atoms with van der Waals surface area (Å²) in [5.74, 6) is 0.527. The molecule has 0 amide bonds. The van der Waals surface area contributed by atoms with E-state index in [4.69, 9.17) is 0 Å². The standard InChI is InChI=1S/C18H31FN2/c1-5-12-20-13-16-10-9-11-17(19)18(16)21(8-4)14-15(6-2)7-3/h9-11,15,20H,5-8,12-14H2,1-4H3. The number of nitrogens with zero attached hydrogens (tertiary/aromatic N) is 1. The van der Waals surface area contributed by atoms with Crippen LogP contribution in [-0.2, 0) is 6.54 Å². The van der Waals surface area contributed by atoms with Gasteiger partial charge in [-0.3, -0.25) is 0 Å². The van der Waals surface area contributed by atoms with Crippen molar-refractivity contribution in [2.75, 3.05) is 24.5 Å². The molecular weight excluding hydrogens is 263 g/mol. The second kappa shape index (κ2) is 9.78. The van der Waals surface area contributed by atoms with Crippen LogP contribution in [0.5, 0.6) is 0 Å². The van der Waals surface area contributed by atoms with Gasteiger partial charge in [-0.2, -0.15) is 0 Å². The Morgan fingerprint density at radius 2 is 1.86 bits per heavy atom. The van der Waals surface area contributed by atoms with E-state index >= 15 is 0 Å². The molecule has 0 aliphatic carbocycles. The number of rotatable bonds is 10. The Morgan fingerprint density at radius 1 is 1.14 bits per heavy atom. The molecule has 0 aliphatic heterocycles. The predicted octanol–water partition coefficient (Wildman–Crippen LogP) is 4.59. The van der Waals surface area contributed by atoms with Gasteiger partial charge in [0.2, 0.25) is 0 Å². The van der Waals surface area contributed by atoms with E-state index in [2.05, 4.69) is 37.9 Å². The number of hydrogen-bond donors (Lipinski definition) is 1. The number of halogens is 1. The molecule has 0 aromatic heterocycles. The Balaban J connectivity index is 2.95. The molecule has 120 valence electrons. The molecule has 0 saturated heterocycles. The van der Waals surface area contributed by atoms with Crippen molar-refractivity contribution in [3.8, 4) is 0 Å². The zero-order chi connectivity index (χ0) is 15.7. The first kappa shape index (κ1) is 18.0. The molecule has 0 spiro atoms. The molecule has 0 unspecified atom stereocenters. The summed E-state index contributed by atoms with van der Waals surface area (Å²) in [4.78, 5) is 2.20. The Kier molecular flexibility index (Phi) is 8.36. The van der Waals surface area contributed by atoms with E-state index < -0.39 is 0 Å². The summed E-state index contributed by atoms with van der Waals surface area (Å²) in [7, 11) is 0. The van der Waals surface area contributed by atoms with Crippen LogP contribution < -0.4 is 10.2 Å². The molecule has 0 radical (unpaired) electrons. The van der Waals surface area contributed by atoms with Crippen molar-refractivity contribution >= 4 is 5.69 Å². The van der Waals surface area contributed by atoms with Gasteiger partial charge >= 0.3 is 0 Å². The maximum Gasteiger partial charge on any atom is 0.146 e. The second-order valence-electron chi connectivity index (χ2n) is 5.65. The third-order valence-corrected chi connectivity index (χ3v) is 4.14. The number of benzene rings is 1. The fraction of sp³-hybridized carbons (Fsp3) is 0.667. The lowest BCUT2D eigenvalue weighted by Crippen LogP contribution is -2.31. The van der Waals surface area contributed by atoms with Gasteiger partial charge < -0.3 is 10.2 Å². The van der Waals surface area contributed by atoms with Gasteiger partial charge in [-0.1, -0.05) is 45.7 Å². The van der Waals surface area contributed by atoms with Crippen LogP contribution in [0.2, 0.25) is 0 Å². The SMILES string of the molecule is CCCNCc1cccc(F)c1N(CC)CC(CC)CC. The van der Waals surface area contributed by atoms with Crippen LogP contribution in [-0.4, -0.2) is 19.6 Å². The van der Waals surface area contributed by atoms with Crippen LogP contribution in [0.25, 0.3) is 0 Å². The van der Waals surface area contributed by atoms with Crippen LogP contribution in [0.1, 0.15) is 52.5 Å². The van der Waals surface area contributed by atoms with Gasteiger partial charge in [0.05, 0.1) is 5.69 Å². The fourth-order valence-corrected chi connectivity index (χ4v) is 2.69. The van der Waals surface area contributed by atoms with Crippen molar-refractivity contribution in [1.82, 2.24) is 5.32 Å². The van der Waals surface area contributed by atoms with Crippen molar-refractivity contribution in [2.24, 2.45) is 5.92 Å². The average molecular weight is 294 g/mol. The van der Waals surface area contributed by atoms with Crippen LogP contribution in [0, 0.1) is 11.7 Å². The van der Waals surface area contributed by atoms with E-state index in [1.807, 2.05) is 12.1 Å². The summed E-state index contributed by atoms with van der Waals surface area (Å²) in [5.41, 5.74) is 1.85. The molecule has 0 aliphatic rings. The highest BCUT2D eigenvalue weighted by Gasteiger charge is 2.17. The highest BCUT2D eigenvalue weighted by atomic mass is 19.1. The van der Waals surface area contributed by atoms with Gasteiger partial charge in [-0.15, -0.1) is 0 Å². The van der Waals surface area contributed by atoms with E-state index in [0.29, 0.717) is 5.92 Å². The van der Waals surface area contributed by atoms with E-state index in [-0.39, 0.29) is 5.82 Å². The van der Waals surface area contributed by atoms with Gasteiger partial charge in [0.1, 0.15) is 5.82 Å². The molecule has 1 aromatic carbocycles. The summed E-state index contributed by atoms with van der Waals surface area (Å²) in [5, 5.41) is 3.39. The molecule has 0 fully saturated rings. The van der Waals surface area contributed by atoms with Crippen molar-refractivity contribution < 1.29 is 4.39 Å². The molecule has 3 heteroatoms. The minimum Gasteiger partial charge on any atom is -0.369 e. The van der Waals surface area contributed by atoms with Gasteiger partial charge in [0.25, 0.3) is 0 Å². The highest BCUT2D eigenvalue weighted by molar-refractivity contribution is 5.55. The fourth-order valence-electron chi connectivity index (χ4n) is 2.69. The summed E-state index contributed by atoms with van der Waals surface area (Å²) in [6, 6.07) is 5.43. The van der Waals surface area contributed by atoms with Crippen molar-refractivity contribution in [1.29, 1.82) is 0 Å². The van der Waals surface area contributed by atoms with E-state index in [9.17, 15) is 4.39 Å². The smallest absolute Gasteiger partial charge is 0.146 e. The maximum atomic E-state index is 14.4. The molecule has 1 rings (SSSR count). The summed E-state index contributed by atoms with van der Waals surface area (Å²) in [6.07, 6.45) is 3.38. The van der Waals surface area contributed by atoms with Crippen molar-refractivity contribution in [2.45, 2.75) is 53.5 Å². The van der Waals surface area contributed by atoms with Gasteiger partial charge in [-0.25, -0.2) is 4.39 Å². The third-order valence-electron chi connectivity index (χ3n) is 4.14. The second-order valence-corrected chi connectivity index (χ2v) is 5.65. The Hall–Kier alpha value is -1.09. The van der Waals surface area contributed by atoms with Crippen LogP contribution >= 0.6 is 0 Å². The van der Waals surface area contributed by atoms with Gasteiger partial charge in [-0.05, 0) is 37.4 Å². The normalized spacial score (nSPS) is 11.1. The lowest BCUT2D eigenvalue weighted by Gasteiger charge is -2.29. The van der Waals surface area contributed by atoms with Gasteiger partial charge in [0, 0.05) is 19.6 Å². The monoisotopic (exact) mass is 294 g/mol. The topological polar surface area (TPSA) is 15.3 Å². The highest BCUT2D eigenvalue weighted by Crippen LogP contribution is 2.26. The van der Waals surface area contributed by atoms with Crippen molar-refractivity contribution in [3.63, 3.8) is 0 Å². The van der Waals surface area contributed by atoms with E-state index in [1.54, 1.807) is 6.07 Å². The number of nitrogens with one attached hydrogen (secondary N) is 1. The first-order valence-corrected chi connectivity index (χ1v) is 8.40. The predicted molar refractivity (Wildman–Crippen MR) is 90.4 cm³/mol. The zero-order valence-corrected chi connectivity index (χ0v) is 14.1. The largest absolute Gasteiger partial charge is 0.369 e. The molecule has 21 heavy (non-hydrogen) atoms. The lowest BCUT2D eigenvalue weighted by atomic mass is 10.0. The Bertz CT molecular complexity index is 402. The zero-order valence-electron chi connectivity index (χ0n) is 14.1.